The summed E-state index contributed by atoms with van der Waals surface area (Å²) >= 11 is 6.08. The molecule has 5 rings (SSSR count). The van der Waals surface area contributed by atoms with Crippen molar-refractivity contribution in [2.45, 2.75) is 24.8 Å². The number of rotatable bonds is 6. The van der Waals surface area contributed by atoms with Crippen LogP contribution in [0.1, 0.15) is 24.0 Å². The van der Waals surface area contributed by atoms with Gasteiger partial charge in [0, 0.05) is 17.1 Å². The van der Waals surface area contributed by atoms with E-state index in [9.17, 15) is 4.79 Å². The molecule has 35 heavy (non-hydrogen) atoms. The summed E-state index contributed by atoms with van der Waals surface area (Å²) in [5, 5.41) is 0.670. The highest BCUT2D eigenvalue weighted by Gasteiger charge is 2.53. The third-order valence-corrected chi connectivity index (χ3v) is 7.13. The number of methoxy groups -OCH3 is 3. The van der Waals surface area contributed by atoms with Crippen molar-refractivity contribution in [2.24, 2.45) is 0 Å². The molecule has 1 fully saturated rings. The molecule has 1 aliphatic heterocycles. The molecule has 6 nitrogen and oxygen atoms in total. The topological polar surface area (TPSA) is 57.2 Å². The van der Waals surface area contributed by atoms with Crippen LogP contribution in [0, 0.1) is 0 Å². The first-order valence-electron chi connectivity index (χ1n) is 11.6. The molecule has 0 aromatic heterocycles. The summed E-state index contributed by atoms with van der Waals surface area (Å²) < 4.78 is 22.7. The van der Waals surface area contributed by atoms with Crippen molar-refractivity contribution in [3.63, 3.8) is 0 Å². The average Bonchev–Trinajstić information content (AvgIpc) is 3.72. The number of hydrogen-bond donors (Lipinski definition) is 0. The standard InChI is InChI=1S/C28H28ClNO5/c1-32-23-9-4-18(15-24(23)33-2)19-14-20-17-30(12-13-35-26(20)25(16-19)34-3)27(31)28(10-11-28)21-5-7-22(29)8-6-21/h4-9,14-16H,10-13,17H2,1-3H3. The van der Waals surface area contributed by atoms with Crippen molar-refractivity contribution < 1.29 is 23.7 Å². The Balaban J connectivity index is 1.49. The third-order valence-electron chi connectivity index (χ3n) is 6.88. The first-order valence-corrected chi connectivity index (χ1v) is 12.0. The Bertz CT molecular complexity index is 1250. The van der Waals surface area contributed by atoms with Crippen molar-refractivity contribution in [3.05, 3.63) is 70.7 Å². The van der Waals surface area contributed by atoms with Gasteiger partial charge >= 0.3 is 0 Å². The SMILES string of the molecule is COc1ccc(-c2cc3c(c(OC)c2)OCCN(C(=O)C2(c4ccc(Cl)cc4)CC2)C3)cc1OC. The fraction of sp³-hybridized carbons (Fsp3) is 0.321. The van der Waals surface area contributed by atoms with Crippen molar-refractivity contribution in [2.75, 3.05) is 34.5 Å². The summed E-state index contributed by atoms with van der Waals surface area (Å²) in [6.07, 6.45) is 1.68. The first kappa shape index (κ1) is 23.4. The highest BCUT2D eigenvalue weighted by atomic mass is 35.5. The Labute approximate surface area is 210 Å². The molecule has 0 radical (unpaired) electrons. The first-order chi connectivity index (χ1) is 17.0. The number of benzene rings is 3. The van der Waals surface area contributed by atoms with Crippen LogP contribution in [0.25, 0.3) is 11.1 Å². The molecule has 2 aliphatic rings. The van der Waals surface area contributed by atoms with Crippen LogP contribution in [0.5, 0.6) is 23.0 Å². The Morgan fingerprint density at radius 3 is 2.23 bits per heavy atom. The van der Waals surface area contributed by atoms with Gasteiger partial charge in [-0.25, -0.2) is 0 Å². The fourth-order valence-corrected chi connectivity index (χ4v) is 4.94. The zero-order chi connectivity index (χ0) is 24.6. The Hall–Kier alpha value is -3.38. The van der Waals surface area contributed by atoms with E-state index in [1.165, 1.54) is 0 Å². The number of carbonyl (C=O) groups excluding carboxylic acids is 1. The maximum Gasteiger partial charge on any atom is 0.233 e. The van der Waals surface area contributed by atoms with E-state index in [1.54, 1.807) is 21.3 Å². The summed E-state index contributed by atoms with van der Waals surface area (Å²) in [7, 11) is 4.86. The summed E-state index contributed by atoms with van der Waals surface area (Å²) in [4.78, 5) is 15.7. The van der Waals surface area contributed by atoms with Gasteiger partial charge in [0.2, 0.25) is 5.91 Å². The number of hydrogen-bond acceptors (Lipinski definition) is 5. The van der Waals surface area contributed by atoms with Gasteiger partial charge in [-0.1, -0.05) is 29.8 Å². The second kappa shape index (κ2) is 9.34. The molecular formula is C28H28ClNO5. The number of carbonyl (C=O) groups is 1. The van der Waals surface area contributed by atoms with Crippen LogP contribution in [-0.2, 0) is 16.8 Å². The summed E-state index contributed by atoms with van der Waals surface area (Å²) in [5.41, 5.74) is 3.35. The summed E-state index contributed by atoms with van der Waals surface area (Å²) in [5.74, 6) is 2.76. The molecular weight excluding hydrogens is 466 g/mol. The largest absolute Gasteiger partial charge is 0.493 e. The number of amides is 1. The molecule has 1 saturated carbocycles. The van der Waals surface area contributed by atoms with E-state index in [4.69, 9.17) is 30.5 Å². The van der Waals surface area contributed by atoms with E-state index >= 15 is 0 Å². The molecule has 1 aliphatic carbocycles. The summed E-state index contributed by atoms with van der Waals surface area (Å²) in [6.45, 7) is 1.36. The Morgan fingerprint density at radius 2 is 1.57 bits per heavy atom. The number of fused-ring (bicyclic) bond motifs is 1. The highest BCUT2D eigenvalue weighted by Crippen LogP contribution is 2.50. The lowest BCUT2D eigenvalue weighted by Crippen LogP contribution is -2.40. The summed E-state index contributed by atoms with van der Waals surface area (Å²) in [6, 6.07) is 17.4. The minimum absolute atomic E-state index is 0.131. The van der Waals surface area contributed by atoms with Crippen molar-refractivity contribution in [1.29, 1.82) is 0 Å². The lowest BCUT2D eigenvalue weighted by molar-refractivity contribution is -0.134. The van der Waals surface area contributed by atoms with Crippen LogP contribution >= 0.6 is 11.6 Å². The molecule has 0 saturated heterocycles. The zero-order valence-electron chi connectivity index (χ0n) is 20.1. The second-order valence-electron chi connectivity index (χ2n) is 8.90. The molecule has 7 heteroatoms. The van der Waals surface area contributed by atoms with Crippen LogP contribution in [0.3, 0.4) is 0 Å². The van der Waals surface area contributed by atoms with Crippen LogP contribution in [0.2, 0.25) is 5.02 Å². The van der Waals surface area contributed by atoms with Gasteiger partial charge in [0.05, 0.1) is 33.3 Å². The monoisotopic (exact) mass is 493 g/mol. The molecule has 0 unspecified atom stereocenters. The van der Waals surface area contributed by atoms with Gasteiger partial charge < -0.3 is 23.8 Å². The van der Waals surface area contributed by atoms with E-state index in [-0.39, 0.29) is 5.91 Å². The third kappa shape index (κ3) is 4.27. The van der Waals surface area contributed by atoms with Gasteiger partial charge in [0.15, 0.2) is 23.0 Å². The van der Waals surface area contributed by atoms with Crippen LogP contribution in [0.15, 0.2) is 54.6 Å². The Morgan fingerprint density at radius 1 is 0.886 bits per heavy atom. The molecule has 0 N–H and O–H groups in total. The fourth-order valence-electron chi connectivity index (χ4n) is 4.81. The molecule has 0 bridgehead atoms. The molecule has 1 heterocycles. The van der Waals surface area contributed by atoms with E-state index in [1.807, 2.05) is 53.4 Å². The minimum Gasteiger partial charge on any atom is -0.493 e. The van der Waals surface area contributed by atoms with Crippen LogP contribution < -0.4 is 18.9 Å². The van der Waals surface area contributed by atoms with E-state index in [2.05, 4.69) is 6.07 Å². The number of nitrogens with zero attached hydrogens (tertiary/aromatic N) is 1. The molecule has 0 spiro atoms. The second-order valence-corrected chi connectivity index (χ2v) is 9.34. The molecule has 3 aromatic carbocycles. The van der Waals surface area contributed by atoms with Gasteiger partial charge in [-0.3, -0.25) is 4.79 Å². The van der Waals surface area contributed by atoms with Gasteiger partial charge in [-0.2, -0.15) is 0 Å². The highest BCUT2D eigenvalue weighted by molar-refractivity contribution is 6.30. The van der Waals surface area contributed by atoms with Crippen molar-refractivity contribution >= 4 is 17.5 Å². The maximum absolute atomic E-state index is 13.8. The van der Waals surface area contributed by atoms with Gasteiger partial charge in [-0.15, -0.1) is 0 Å². The predicted octanol–water partition coefficient (Wildman–Crippen LogP) is 5.49. The van der Waals surface area contributed by atoms with E-state index < -0.39 is 5.41 Å². The lowest BCUT2D eigenvalue weighted by Gasteiger charge is -2.26. The van der Waals surface area contributed by atoms with E-state index in [0.717, 1.165) is 35.1 Å². The van der Waals surface area contributed by atoms with E-state index in [0.29, 0.717) is 47.7 Å². The smallest absolute Gasteiger partial charge is 0.233 e. The van der Waals surface area contributed by atoms with Crippen LogP contribution in [-0.4, -0.2) is 45.3 Å². The maximum atomic E-state index is 13.8. The molecule has 1 amide bonds. The van der Waals surface area contributed by atoms with Crippen molar-refractivity contribution in [1.82, 2.24) is 4.90 Å². The lowest BCUT2D eigenvalue weighted by atomic mass is 9.94. The molecule has 182 valence electrons. The number of halogens is 1. The quantitative estimate of drug-likeness (QED) is 0.454. The number of ether oxygens (including phenoxy) is 4. The molecule has 3 aromatic rings. The predicted molar refractivity (Wildman–Crippen MR) is 135 cm³/mol. The minimum atomic E-state index is -0.472. The van der Waals surface area contributed by atoms with Gasteiger partial charge in [-0.05, 0) is 65.9 Å². The van der Waals surface area contributed by atoms with Crippen LogP contribution in [0.4, 0.5) is 0 Å². The van der Waals surface area contributed by atoms with Crippen molar-refractivity contribution in [3.8, 4) is 34.1 Å². The van der Waals surface area contributed by atoms with Gasteiger partial charge in [0.25, 0.3) is 0 Å². The zero-order valence-corrected chi connectivity index (χ0v) is 20.9. The normalized spacial score (nSPS) is 15.9. The average molecular weight is 494 g/mol. The molecule has 0 atom stereocenters. The van der Waals surface area contributed by atoms with Gasteiger partial charge in [0.1, 0.15) is 6.61 Å². The Kier molecular flexibility index (Phi) is 6.24.